The van der Waals surface area contributed by atoms with E-state index in [1.807, 2.05) is 11.5 Å². The number of nitrogens with zero attached hydrogens (tertiary/aromatic N) is 2. The predicted octanol–water partition coefficient (Wildman–Crippen LogP) is 3.69. The summed E-state index contributed by atoms with van der Waals surface area (Å²) in [6, 6.07) is 7.67. The first-order valence-corrected chi connectivity index (χ1v) is 9.13. The normalized spacial score (nSPS) is 11.8. The van der Waals surface area contributed by atoms with Gasteiger partial charge in [0.25, 0.3) is 10.0 Å². The Morgan fingerprint density at radius 1 is 1.29 bits per heavy atom. The van der Waals surface area contributed by atoms with Crippen molar-refractivity contribution in [3.63, 3.8) is 0 Å². The number of aryl methyl sites for hydroxylation is 2. The standard InChI is InChI=1S/C17H18FN3O2S/c1-3-9-21-11-16(14-5-4-8-19-17(14)21)24(22,23)20-13-7-6-12(2)15(18)10-13/h4-8,10-11,20H,3,9H2,1-2H3. The predicted molar refractivity (Wildman–Crippen MR) is 92.0 cm³/mol. The summed E-state index contributed by atoms with van der Waals surface area (Å²) >= 11 is 0. The minimum absolute atomic E-state index is 0.139. The van der Waals surface area contributed by atoms with Crippen molar-refractivity contribution in [2.75, 3.05) is 4.72 Å². The molecule has 0 unspecified atom stereocenters. The Morgan fingerprint density at radius 3 is 2.79 bits per heavy atom. The van der Waals surface area contributed by atoms with Gasteiger partial charge in [-0.15, -0.1) is 0 Å². The maximum Gasteiger partial charge on any atom is 0.264 e. The number of rotatable bonds is 5. The van der Waals surface area contributed by atoms with Crippen LogP contribution in [0.15, 0.2) is 47.6 Å². The maximum atomic E-state index is 13.7. The third kappa shape index (κ3) is 2.99. The number of hydrogen-bond donors (Lipinski definition) is 1. The lowest BCUT2D eigenvalue weighted by Gasteiger charge is -2.08. The molecular formula is C17H18FN3O2S. The molecule has 3 rings (SSSR count). The molecule has 0 bridgehead atoms. The van der Waals surface area contributed by atoms with Gasteiger partial charge in [0.05, 0.1) is 5.69 Å². The van der Waals surface area contributed by atoms with E-state index in [1.165, 1.54) is 12.1 Å². The molecule has 0 aliphatic rings. The van der Waals surface area contributed by atoms with Crippen molar-refractivity contribution in [1.29, 1.82) is 0 Å². The number of nitrogens with one attached hydrogen (secondary N) is 1. The van der Waals surface area contributed by atoms with Crippen molar-refractivity contribution in [1.82, 2.24) is 9.55 Å². The molecule has 0 aliphatic heterocycles. The van der Waals surface area contributed by atoms with Gasteiger partial charge in [-0.05, 0) is 43.2 Å². The van der Waals surface area contributed by atoms with Gasteiger partial charge in [0, 0.05) is 24.3 Å². The fourth-order valence-corrected chi connectivity index (χ4v) is 3.84. The summed E-state index contributed by atoms with van der Waals surface area (Å²) in [6.45, 7) is 4.30. The number of anilines is 1. The Labute approximate surface area is 140 Å². The number of pyridine rings is 1. The number of halogens is 1. The summed E-state index contributed by atoms with van der Waals surface area (Å²) in [7, 11) is -3.84. The Kier molecular flexibility index (Phi) is 4.28. The Hall–Kier alpha value is -2.41. The molecule has 5 nitrogen and oxygen atoms in total. The van der Waals surface area contributed by atoms with Crippen LogP contribution in [0.1, 0.15) is 18.9 Å². The Balaban J connectivity index is 2.06. The number of benzene rings is 1. The van der Waals surface area contributed by atoms with E-state index >= 15 is 0 Å². The SMILES string of the molecule is CCCn1cc(S(=O)(=O)Nc2ccc(C)c(F)c2)c2cccnc21. The molecule has 3 aromatic rings. The van der Waals surface area contributed by atoms with Crippen LogP contribution in [-0.4, -0.2) is 18.0 Å². The van der Waals surface area contributed by atoms with E-state index in [1.54, 1.807) is 37.5 Å². The molecule has 1 N–H and O–H groups in total. The molecule has 1 aromatic carbocycles. The number of hydrogen-bond acceptors (Lipinski definition) is 3. The van der Waals surface area contributed by atoms with Crippen LogP contribution in [0.2, 0.25) is 0 Å². The first-order chi connectivity index (χ1) is 11.4. The molecule has 0 fully saturated rings. The monoisotopic (exact) mass is 347 g/mol. The Bertz CT molecular complexity index is 996. The van der Waals surface area contributed by atoms with Crippen molar-refractivity contribution in [2.45, 2.75) is 31.7 Å². The van der Waals surface area contributed by atoms with Crippen molar-refractivity contribution >= 4 is 26.7 Å². The van der Waals surface area contributed by atoms with Gasteiger partial charge in [0.2, 0.25) is 0 Å². The minimum Gasteiger partial charge on any atom is -0.331 e. The molecule has 0 saturated heterocycles. The highest BCUT2D eigenvalue weighted by Crippen LogP contribution is 2.26. The summed E-state index contributed by atoms with van der Waals surface area (Å²) in [5, 5.41) is 0.547. The number of fused-ring (bicyclic) bond motifs is 1. The van der Waals surface area contributed by atoms with E-state index in [-0.39, 0.29) is 10.6 Å². The Morgan fingerprint density at radius 2 is 2.08 bits per heavy atom. The van der Waals surface area contributed by atoms with E-state index in [2.05, 4.69) is 9.71 Å². The van der Waals surface area contributed by atoms with Crippen LogP contribution in [-0.2, 0) is 16.6 Å². The van der Waals surface area contributed by atoms with Crippen LogP contribution in [0.5, 0.6) is 0 Å². The number of aromatic nitrogens is 2. The fraction of sp³-hybridized carbons (Fsp3) is 0.235. The van der Waals surface area contributed by atoms with E-state index in [4.69, 9.17) is 0 Å². The van der Waals surface area contributed by atoms with Gasteiger partial charge in [0.1, 0.15) is 16.4 Å². The van der Waals surface area contributed by atoms with Crippen molar-refractivity contribution < 1.29 is 12.8 Å². The molecular weight excluding hydrogens is 329 g/mol. The minimum atomic E-state index is -3.84. The van der Waals surface area contributed by atoms with Crippen LogP contribution < -0.4 is 4.72 Å². The summed E-state index contributed by atoms with van der Waals surface area (Å²) in [4.78, 5) is 4.42. The third-order valence-electron chi connectivity index (χ3n) is 3.78. The molecule has 24 heavy (non-hydrogen) atoms. The van der Waals surface area contributed by atoms with Gasteiger partial charge in [0.15, 0.2) is 0 Å². The van der Waals surface area contributed by atoms with E-state index in [9.17, 15) is 12.8 Å². The maximum absolute atomic E-state index is 13.7. The van der Waals surface area contributed by atoms with Crippen LogP contribution in [0.3, 0.4) is 0 Å². The summed E-state index contributed by atoms with van der Waals surface area (Å²) in [5.41, 5.74) is 1.27. The summed E-state index contributed by atoms with van der Waals surface area (Å²) in [6.07, 6.45) is 4.07. The molecule has 0 saturated carbocycles. The van der Waals surface area contributed by atoms with Gasteiger partial charge in [-0.2, -0.15) is 0 Å². The zero-order valence-corrected chi connectivity index (χ0v) is 14.3. The average molecular weight is 347 g/mol. The van der Waals surface area contributed by atoms with E-state index in [0.29, 0.717) is 23.1 Å². The zero-order chi connectivity index (χ0) is 17.3. The van der Waals surface area contributed by atoms with Crippen molar-refractivity contribution in [3.05, 3.63) is 54.1 Å². The lowest BCUT2D eigenvalue weighted by Crippen LogP contribution is -2.13. The summed E-state index contributed by atoms with van der Waals surface area (Å²) < 4.78 is 43.4. The quantitative estimate of drug-likeness (QED) is 0.765. The van der Waals surface area contributed by atoms with Crippen LogP contribution in [0.25, 0.3) is 11.0 Å². The molecule has 7 heteroatoms. The number of sulfonamides is 1. The molecule has 2 heterocycles. The zero-order valence-electron chi connectivity index (χ0n) is 13.5. The fourth-order valence-electron chi connectivity index (χ4n) is 2.58. The molecule has 0 spiro atoms. The molecule has 126 valence electrons. The lowest BCUT2D eigenvalue weighted by molar-refractivity contribution is 0.600. The largest absolute Gasteiger partial charge is 0.331 e. The van der Waals surface area contributed by atoms with Gasteiger partial charge in [-0.1, -0.05) is 13.0 Å². The highest BCUT2D eigenvalue weighted by Gasteiger charge is 2.22. The smallest absolute Gasteiger partial charge is 0.264 e. The van der Waals surface area contributed by atoms with Crippen LogP contribution in [0.4, 0.5) is 10.1 Å². The summed E-state index contributed by atoms with van der Waals surface area (Å²) in [5.74, 6) is -0.453. The third-order valence-corrected chi connectivity index (χ3v) is 5.18. The highest BCUT2D eigenvalue weighted by atomic mass is 32.2. The second-order valence-electron chi connectivity index (χ2n) is 5.63. The van der Waals surface area contributed by atoms with Crippen LogP contribution in [0, 0.1) is 12.7 Å². The van der Waals surface area contributed by atoms with E-state index < -0.39 is 15.8 Å². The van der Waals surface area contributed by atoms with E-state index in [0.717, 1.165) is 6.42 Å². The first-order valence-electron chi connectivity index (χ1n) is 7.65. The van der Waals surface area contributed by atoms with Crippen molar-refractivity contribution in [2.24, 2.45) is 0 Å². The average Bonchev–Trinajstić information content (AvgIpc) is 2.91. The van der Waals surface area contributed by atoms with Crippen molar-refractivity contribution in [3.8, 4) is 0 Å². The topological polar surface area (TPSA) is 64.0 Å². The highest BCUT2D eigenvalue weighted by molar-refractivity contribution is 7.93. The second-order valence-corrected chi connectivity index (χ2v) is 7.28. The molecule has 2 aromatic heterocycles. The van der Waals surface area contributed by atoms with Crippen LogP contribution >= 0.6 is 0 Å². The molecule has 0 atom stereocenters. The molecule has 0 amide bonds. The molecule has 0 aliphatic carbocycles. The second kappa shape index (κ2) is 6.24. The van der Waals surface area contributed by atoms with Gasteiger partial charge in [-0.25, -0.2) is 17.8 Å². The van der Waals surface area contributed by atoms with Gasteiger partial charge < -0.3 is 4.57 Å². The lowest BCUT2D eigenvalue weighted by atomic mass is 10.2. The first kappa shape index (κ1) is 16.4. The van der Waals surface area contributed by atoms with Gasteiger partial charge in [-0.3, -0.25) is 4.72 Å². The molecule has 0 radical (unpaired) electrons. The van der Waals surface area contributed by atoms with Gasteiger partial charge >= 0.3 is 0 Å².